The van der Waals surface area contributed by atoms with E-state index >= 15 is 0 Å². The van der Waals surface area contributed by atoms with Gasteiger partial charge in [-0.05, 0) is 54.1 Å². The molecule has 4 heterocycles. The Labute approximate surface area is 224 Å². The maximum atomic E-state index is 13.2. The van der Waals surface area contributed by atoms with Gasteiger partial charge in [0.2, 0.25) is 4.96 Å². The molecule has 0 aliphatic heterocycles. The van der Waals surface area contributed by atoms with Crippen molar-refractivity contribution >= 4 is 45.5 Å². The largest absolute Gasteiger partial charge is 0.454 e. The molecule has 0 spiro atoms. The molecule has 0 atom stereocenters. The van der Waals surface area contributed by atoms with E-state index in [1.165, 1.54) is 28.0 Å². The number of nitrogens with zero attached hydrogens (tertiary/aromatic N) is 5. The molecule has 7 rings (SSSR count). The Hall–Kier alpha value is -5.15. The molecule has 188 valence electrons. The van der Waals surface area contributed by atoms with E-state index in [-0.39, 0.29) is 11.4 Å². The predicted octanol–water partition coefficient (Wildman–Crippen LogP) is 5.61. The lowest BCUT2D eigenvalue weighted by Crippen LogP contribution is -2.23. The summed E-state index contributed by atoms with van der Waals surface area (Å²) < 4.78 is 22.8. The molecule has 4 aromatic heterocycles. The van der Waals surface area contributed by atoms with Crippen molar-refractivity contribution in [3.05, 3.63) is 129 Å². The van der Waals surface area contributed by atoms with Crippen molar-refractivity contribution < 1.29 is 8.81 Å². The van der Waals surface area contributed by atoms with E-state index in [0.29, 0.717) is 26.8 Å². The van der Waals surface area contributed by atoms with E-state index in [0.717, 1.165) is 27.8 Å². The van der Waals surface area contributed by atoms with Crippen molar-refractivity contribution in [1.82, 2.24) is 24.4 Å². The molecule has 0 aliphatic rings. The Morgan fingerprint density at radius 2 is 1.69 bits per heavy atom. The Kier molecular flexibility index (Phi) is 5.49. The van der Waals surface area contributed by atoms with E-state index in [9.17, 15) is 9.18 Å². The second-order valence-electron chi connectivity index (χ2n) is 8.83. The fourth-order valence-corrected chi connectivity index (χ4v) is 5.21. The Morgan fingerprint density at radius 3 is 2.49 bits per heavy atom. The van der Waals surface area contributed by atoms with Crippen LogP contribution < -0.4 is 10.1 Å². The van der Waals surface area contributed by atoms with Gasteiger partial charge in [0, 0.05) is 17.1 Å². The van der Waals surface area contributed by atoms with E-state index in [4.69, 9.17) is 9.52 Å². The topological polar surface area (TPSA) is 78.2 Å². The molecule has 0 N–H and O–H groups in total. The molecule has 0 saturated carbocycles. The fraction of sp³-hybridized carbons (Fsp3) is 0. The minimum atomic E-state index is -0.301. The van der Waals surface area contributed by atoms with Gasteiger partial charge in [-0.2, -0.15) is 14.6 Å². The molecule has 0 amide bonds. The predicted molar refractivity (Wildman–Crippen MR) is 150 cm³/mol. The zero-order valence-corrected chi connectivity index (χ0v) is 21.0. The number of thiazole rings is 1. The van der Waals surface area contributed by atoms with Crippen LogP contribution in [0.2, 0.25) is 0 Å². The molecule has 0 bridgehead atoms. The van der Waals surface area contributed by atoms with Gasteiger partial charge in [0.25, 0.3) is 5.56 Å². The molecule has 0 saturated heterocycles. The number of fused-ring (bicyclic) bond motifs is 2. The van der Waals surface area contributed by atoms with Crippen LogP contribution in [-0.4, -0.2) is 24.4 Å². The van der Waals surface area contributed by atoms with Gasteiger partial charge in [-0.3, -0.25) is 4.79 Å². The SMILES string of the molecule is O=c1/c(=C/c2cn(-c3ccccc3)nc2-c2cc3ccccc3o2)sc2nc(/C=C/c3ccc(F)cc3)nn12. The van der Waals surface area contributed by atoms with Crippen molar-refractivity contribution in [1.29, 1.82) is 0 Å². The van der Waals surface area contributed by atoms with Gasteiger partial charge in [0.15, 0.2) is 11.6 Å². The number of para-hydroxylation sites is 2. The maximum Gasteiger partial charge on any atom is 0.291 e. The van der Waals surface area contributed by atoms with Gasteiger partial charge in [-0.15, -0.1) is 5.10 Å². The van der Waals surface area contributed by atoms with Crippen LogP contribution in [0.4, 0.5) is 4.39 Å². The summed E-state index contributed by atoms with van der Waals surface area (Å²) in [6.07, 6.45) is 7.14. The summed E-state index contributed by atoms with van der Waals surface area (Å²) in [6, 6.07) is 25.6. The van der Waals surface area contributed by atoms with Crippen molar-refractivity contribution in [2.24, 2.45) is 0 Å². The lowest BCUT2D eigenvalue weighted by atomic mass is 10.2. The number of halogens is 1. The minimum absolute atomic E-state index is 0.271. The highest BCUT2D eigenvalue weighted by molar-refractivity contribution is 7.15. The van der Waals surface area contributed by atoms with Crippen LogP contribution >= 0.6 is 11.3 Å². The van der Waals surface area contributed by atoms with Crippen LogP contribution in [0.1, 0.15) is 17.0 Å². The summed E-state index contributed by atoms with van der Waals surface area (Å²) >= 11 is 1.25. The molecule has 7 nitrogen and oxygen atoms in total. The van der Waals surface area contributed by atoms with Gasteiger partial charge in [-0.1, -0.05) is 65.9 Å². The number of aromatic nitrogens is 5. The van der Waals surface area contributed by atoms with E-state index in [1.807, 2.05) is 66.9 Å². The van der Waals surface area contributed by atoms with Crippen LogP contribution in [0, 0.1) is 5.82 Å². The van der Waals surface area contributed by atoms with Crippen molar-refractivity contribution in [2.45, 2.75) is 0 Å². The zero-order valence-electron chi connectivity index (χ0n) is 20.2. The summed E-state index contributed by atoms with van der Waals surface area (Å²) in [7, 11) is 0. The van der Waals surface area contributed by atoms with Crippen LogP contribution in [0.5, 0.6) is 0 Å². The Balaban J connectivity index is 1.31. The van der Waals surface area contributed by atoms with Gasteiger partial charge >= 0.3 is 0 Å². The quantitative estimate of drug-likeness (QED) is 0.289. The molecular weight excluding hydrogens is 513 g/mol. The van der Waals surface area contributed by atoms with E-state index in [1.54, 1.807) is 35.0 Å². The van der Waals surface area contributed by atoms with Crippen LogP contribution in [-0.2, 0) is 0 Å². The van der Waals surface area contributed by atoms with Crippen molar-refractivity contribution in [3.8, 4) is 17.1 Å². The minimum Gasteiger partial charge on any atom is -0.454 e. The number of rotatable bonds is 5. The average molecular weight is 532 g/mol. The molecule has 39 heavy (non-hydrogen) atoms. The first kappa shape index (κ1) is 23.0. The van der Waals surface area contributed by atoms with Crippen molar-refractivity contribution in [3.63, 3.8) is 0 Å². The van der Waals surface area contributed by atoms with Gasteiger partial charge in [0.1, 0.15) is 17.1 Å². The summed E-state index contributed by atoms with van der Waals surface area (Å²) in [5.74, 6) is 0.705. The number of benzene rings is 3. The highest BCUT2D eigenvalue weighted by Crippen LogP contribution is 2.30. The number of hydrogen-bond acceptors (Lipinski definition) is 6. The third-order valence-electron chi connectivity index (χ3n) is 6.20. The standard InChI is InChI=1S/C30H18FN5O2S/c31-22-13-10-19(11-14-22)12-15-27-32-30-36(33-27)29(37)26(39-30)17-21-18-35(23-7-2-1-3-8-23)34-28(21)25-16-20-6-4-5-9-24(20)38-25/h1-18H/b15-12+,26-17-. The third-order valence-corrected chi connectivity index (χ3v) is 7.16. The van der Waals surface area contributed by atoms with Crippen LogP contribution in [0.15, 0.2) is 100 Å². The normalized spacial score (nSPS) is 12.4. The maximum absolute atomic E-state index is 13.2. The second-order valence-corrected chi connectivity index (χ2v) is 9.84. The zero-order chi connectivity index (χ0) is 26.3. The smallest absolute Gasteiger partial charge is 0.291 e. The van der Waals surface area contributed by atoms with Gasteiger partial charge < -0.3 is 4.42 Å². The third kappa shape index (κ3) is 4.34. The van der Waals surface area contributed by atoms with Gasteiger partial charge in [0.05, 0.1) is 10.2 Å². The molecule has 0 radical (unpaired) electrons. The van der Waals surface area contributed by atoms with Crippen LogP contribution in [0.25, 0.3) is 51.3 Å². The second kappa shape index (κ2) is 9.30. The Bertz CT molecular complexity index is 2070. The number of furan rings is 1. The van der Waals surface area contributed by atoms with Gasteiger partial charge in [-0.25, -0.2) is 9.07 Å². The lowest BCUT2D eigenvalue weighted by molar-refractivity contribution is 0.627. The highest BCUT2D eigenvalue weighted by atomic mass is 32.1. The fourth-order valence-electron chi connectivity index (χ4n) is 4.30. The lowest BCUT2D eigenvalue weighted by Gasteiger charge is -1.98. The van der Waals surface area contributed by atoms with E-state index in [2.05, 4.69) is 10.1 Å². The van der Waals surface area contributed by atoms with E-state index < -0.39 is 0 Å². The summed E-state index contributed by atoms with van der Waals surface area (Å²) in [6.45, 7) is 0. The monoisotopic (exact) mass is 531 g/mol. The first-order valence-corrected chi connectivity index (χ1v) is 12.9. The van der Waals surface area contributed by atoms with Crippen LogP contribution in [0.3, 0.4) is 0 Å². The molecule has 0 fully saturated rings. The summed E-state index contributed by atoms with van der Waals surface area (Å²) in [5.41, 5.74) is 3.54. The molecule has 9 heteroatoms. The Morgan fingerprint density at radius 1 is 0.897 bits per heavy atom. The molecular formula is C30H18FN5O2S. The summed E-state index contributed by atoms with van der Waals surface area (Å²) in [4.78, 5) is 18.2. The highest BCUT2D eigenvalue weighted by Gasteiger charge is 2.17. The molecule has 0 aliphatic carbocycles. The number of hydrogen-bond donors (Lipinski definition) is 0. The summed E-state index contributed by atoms with van der Waals surface area (Å²) in [5, 5.41) is 10.1. The molecule has 7 aromatic rings. The average Bonchev–Trinajstić information content (AvgIpc) is 3.73. The first-order valence-electron chi connectivity index (χ1n) is 12.1. The van der Waals surface area contributed by atoms with Crippen molar-refractivity contribution in [2.75, 3.05) is 0 Å². The molecule has 3 aromatic carbocycles. The molecule has 0 unspecified atom stereocenters. The first-order chi connectivity index (χ1) is 19.1.